The average Bonchev–Trinajstić information content (AvgIpc) is 3.33. The Morgan fingerprint density at radius 1 is 1.12 bits per heavy atom. The molecule has 2 saturated carbocycles. The van der Waals surface area contributed by atoms with E-state index in [1.54, 1.807) is 0 Å². The van der Waals surface area contributed by atoms with E-state index in [4.69, 9.17) is 18.9 Å². The predicted molar refractivity (Wildman–Crippen MR) is 150 cm³/mol. The molecule has 1 unspecified atom stereocenters. The van der Waals surface area contributed by atoms with E-state index in [1.165, 1.54) is 25.2 Å². The van der Waals surface area contributed by atoms with Crippen LogP contribution in [0.3, 0.4) is 0 Å². The number of rotatable bonds is 7. The van der Waals surface area contributed by atoms with Crippen molar-refractivity contribution in [3.63, 3.8) is 0 Å². The van der Waals surface area contributed by atoms with Crippen molar-refractivity contribution < 1.29 is 33.3 Å². The Morgan fingerprint density at radius 3 is 2.35 bits per heavy atom. The van der Waals surface area contributed by atoms with E-state index in [0.717, 1.165) is 38.5 Å². The molecule has 5 rings (SSSR count). The normalized spacial score (nSPS) is 41.3. The second kappa shape index (κ2) is 9.31. The summed E-state index contributed by atoms with van der Waals surface area (Å²) >= 11 is 0. The summed E-state index contributed by atoms with van der Waals surface area (Å²) in [6.45, 7) is 18.9. The summed E-state index contributed by atoms with van der Waals surface area (Å²) in [5.41, 5.74) is 1.48. The fourth-order valence-electron chi connectivity index (χ4n) is 10.4. The molecule has 0 spiro atoms. The monoisotopic (exact) mass is 558 g/mol. The molecule has 7 heteroatoms. The highest BCUT2D eigenvalue weighted by Crippen LogP contribution is 2.74. The van der Waals surface area contributed by atoms with E-state index < -0.39 is 5.41 Å². The van der Waals surface area contributed by atoms with E-state index in [2.05, 4.69) is 27.7 Å². The number of carbonyl (C=O) groups excluding carboxylic acids is 3. The minimum Gasteiger partial charge on any atom is -0.469 e. The number of esters is 3. The van der Waals surface area contributed by atoms with Crippen molar-refractivity contribution in [1.29, 1.82) is 0 Å². The molecular weight excluding hydrogens is 508 g/mol. The number of hydrogen-bond acceptors (Lipinski definition) is 7. The van der Waals surface area contributed by atoms with Gasteiger partial charge in [-0.1, -0.05) is 38.8 Å². The third-order valence-corrected chi connectivity index (χ3v) is 12.4. The molecule has 2 aliphatic heterocycles. The van der Waals surface area contributed by atoms with Gasteiger partial charge in [0.15, 0.2) is 0 Å². The largest absolute Gasteiger partial charge is 0.469 e. The van der Waals surface area contributed by atoms with Gasteiger partial charge < -0.3 is 18.9 Å². The van der Waals surface area contributed by atoms with Crippen LogP contribution in [-0.2, 0) is 33.3 Å². The lowest BCUT2D eigenvalue weighted by atomic mass is 9.37. The van der Waals surface area contributed by atoms with Gasteiger partial charge in [0.1, 0.15) is 18.3 Å². The van der Waals surface area contributed by atoms with Gasteiger partial charge in [-0.3, -0.25) is 14.4 Å². The summed E-state index contributed by atoms with van der Waals surface area (Å²) in [5.74, 6) is -0.215. The van der Waals surface area contributed by atoms with Gasteiger partial charge in [0.05, 0.1) is 24.5 Å². The molecule has 2 heterocycles. The van der Waals surface area contributed by atoms with Crippen LogP contribution in [0.2, 0.25) is 0 Å². The molecule has 2 saturated heterocycles. The van der Waals surface area contributed by atoms with Crippen molar-refractivity contribution in [2.24, 2.45) is 39.4 Å². The predicted octanol–water partition coefficient (Wildman–Crippen LogP) is 6.18. The standard InChI is InChI=1S/C33H50O7/c1-18(15-23(38-19(2)34)27-30(5,6)40-27)20-11-13-32(8)21(20)16-22-26-31(7,17-25(35)39-22)24(12-14-33(26,32)9)29(3,4)28(36)37-10/h18,22-24,26-27H,11-17H2,1-10H3/t18-,22+,23+,24?,26+,27-,31+,32+,33+/m1/s1. The number of methoxy groups -OCH3 is 1. The molecule has 0 aromatic heterocycles. The molecule has 0 bridgehead atoms. The summed E-state index contributed by atoms with van der Waals surface area (Å²) in [6, 6.07) is 0. The van der Waals surface area contributed by atoms with E-state index in [1.807, 2.05) is 27.7 Å². The van der Waals surface area contributed by atoms with Crippen LogP contribution >= 0.6 is 0 Å². The van der Waals surface area contributed by atoms with E-state index in [0.29, 0.717) is 6.42 Å². The van der Waals surface area contributed by atoms with Gasteiger partial charge in [0.2, 0.25) is 0 Å². The van der Waals surface area contributed by atoms with Crippen LogP contribution in [0.25, 0.3) is 0 Å². The molecule has 9 atom stereocenters. The maximum absolute atomic E-state index is 13.2. The zero-order chi connectivity index (χ0) is 29.6. The van der Waals surface area contributed by atoms with Crippen molar-refractivity contribution in [1.82, 2.24) is 0 Å². The quantitative estimate of drug-likeness (QED) is 0.160. The fourth-order valence-corrected chi connectivity index (χ4v) is 10.4. The molecule has 224 valence electrons. The Balaban J connectivity index is 1.51. The van der Waals surface area contributed by atoms with E-state index >= 15 is 0 Å². The number of carbonyl (C=O) groups is 3. The summed E-state index contributed by atoms with van der Waals surface area (Å²) in [4.78, 5) is 38.1. The number of allylic oxidation sites excluding steroid dienone is 1. The number of fused-ring (bicyclic) bond motifs is 2. The highest BCUT2D eigenvalue weighted by atomic mass is 16.6. The average molecular weight is 559 g/mol. The molecule has 40 heavy (non-hydrogen) atoms. The van der Waals surface area contributed by atoms with Gasteiger partial charge in [0.25, 0.3) is 0 Å². The molecule has 3 aliphatic carbocycles. The van der Waals surface area contributed by atoms with Crippen LogP contribution in [0.5, 0.6) is 0 Å². The molecule has 0 amide bonds. The van der Waals surface area contributed by atoms with Crippen molar-refractivity contribution in [3.05, 3.63) is 11.1 Å². The third-order valence-electron chi connectivity index (χ3n) is 12.4. The topological polar surface area (TPSA) is 91.4 Å². The minimum atomic E-state index is -0.691. The van der Waals surface area contributed by atoms with Crippen molar-refractivity contribution >= 4 is 17.9 Å². The maximum atomic E-state index is 13.2. The molecule has 0 aromatic carbocycles. The first kappa shape index (κ1) is 29.6. The first-order valence-electron chi connectivity index (χ1n) is 15.3. The molecule has 4 fully saturated rings. The van der Waals surface area contributed by atoms with Gasteiger partial charge in [-0.25, -0.2) is 0 Å². The van der Waals surface area contributed by atoms with Crippen LogP contribution in [0.4, 0.5) is 0 Å². The molecule has 5 aliphatic rings. The van der Waals surface area contributed by atoms with Gasteiger partial charge in [-0.2, -0.15) is 0 Å². The second-order valence-electron chi connectivity index (χ2n) is 15.4. The van der Waals surface area contributed by atoms with E-state index in [9.17, 15) is 14.4 Å². The van der Waals surface area contributed by atoms with Crippen LogP contribution < -0.4 is 0 Å². The molecule has 7 nitrogen and oxygen atoms in total. The highest BCUT2D eigenvalue weighted by Gasteiger charge is 2.71. The van der Waals surface area contributed by atoms with Crippen LogP contribution in [0.1, 0.15) is 107 Å². The Hall–Kier alpha value is -1.89. The van der Waals surface area contributed by atoms with Gasteiger partial charge in [0, 0.05) is 19.3 Å². The molecular formula is C33H50O7. The molecule has 0 N–H and O–H groups in total. The zero-order valence-electron chi connectivity index (χ0n) is 26.3. The van der Waals surface area contributed by atoms with Gasteiger partial charge >= 0.3 is 17.9 Å². The Kier molecular flexibility index (Phi) is 6.89. The van der Waals surface area contributed by atoms with Crippen LogP contribution in [0, 0.1) is 39.4 Å². The first-order chi connectivity index (χ1) is 18.4. The smallest absolute Gasteiger partial charge is 0.311 e. The maximum Gasteiger partial charge on any atom is 0.311 e. The second-order valence-corrected chi connectivity index (χ2v) is 15.4. The number of epoxide rings is 1. The summed E-state index contributed by atoms with van der Waals surface area (Å²) in [7, 11) is 1.46. The van der Waals surface area contributed by atoms with Crippen LogP contribution in [-0.4, -0.2) is 48.9 Å². The fraction of sp³-hybridized carbons (Fsp3) is 0.848. The Bertz CT molecular complexity index is 1140. The molecule has 0 radical (unpaired) electrons. The third kappa shape index (κ3) is 4.19. The van der Waals surface area contributed by atoms with Crippen LogP contribution in [0.15, 0.2) is 11.1 Å². The minimum absolute atomic E-state index is 0.0184. The van der Waals surface area contributed by atoms with E-state index in [-0.39, 0.29) is 75.8 Å². The number of hydrogen-bond donors (Lipinski definition) is 0. The SMILES string of the molecule is COC(=O)C(C)(C)C1CC[C@@]2(C)[C@H]3[C@H](CC4=C([C@H](C)C[C@H](OC(C)=O)[C@H]5OC5(C)C)CC[C@@]42C)OC(=O)C[C@@]13C. The first-order valence-corrected chi connectivity index (χ1v) is 15.3. The van der Waals surface area contributed by atoms with Gasteiger partial charge in [-0.15, -0.1) is 0 Å². The summed E-state index contributed by atoms with van der Waals surface area (Å²) in [6.07, 6.45) is 5.18. The van der Waals surface area contributed by atoms with Crippen molar-refractivity contribution in [2.45, 2.75) is 131 Å². The Morgan fingerprint density at radius 2 is 1.77 bits per heavy atom. The lowest BCUT2D eigenvalue weighted by molar-refractivity contribution is -0.238. The Labute approximate surface area is 240 Å². The lowest BCUT2D eigenvalue weighted by Gasteiger charge is -2.69. The lowest BCUT2D eigenvalue weighted by Crippen LogP contribution is -2.67. The van der Waals surface area contributed by atoms with Crippen molar-refractivity contribution in [3.8, 4) is 0 Å². The van der Waals surface area contributed by atoms with Crippen molar-refractivity contribution in [2.75, 3.05) is 7.11 Å². The molecule has 0 aromatic rings. The summed E-state index contributed by atoms with van der Waals surface area (Å²) < 4.78 is 23.1. The highest BCUT2D eigenvalue weighted by molar-refractivity contribution is 5.77. The summed E-state index contributed by atoms with van der Waals surface area (Å²) in [5, 5.41) is 0. The van der Waals surface area contributed by atoms with Gasteiger partial charge in [-0.05, 0) is 87.9 Å². The zero-order valence-corrected chi connectivity index (χ0v) is 26.3. The number of ether oxygens (including phenoxy) is 4.